The summed E-state index contributed by atoms with van der Waals surface area (Å²) in [6.45, 7) is 3.74. The Morgan fingerprint density at radius 2 is 1.92 bits per heavy atom. The largest absolute Gasteiger partial charge is 0.294 e. The molecule has 0 spiro atoms. The van der Waals surface area contributed by atoms with Crippen LogP contribution in [0.4, 0.5) is 0 Å². The standard InChI is InChI=1S/C12H14O/c1-3-10(2)12(13)9-11-7-5-4-6-8-11/h3-8H,9H2,1-2H3/b10-3+. The highest BCUT2D eigenvalue weighted by Gasteiger charge is 2.03. The van der Waals surface area contributed by atoms with Gasteiger partial charge in [0, 0.05) is 6.42 Å². The monoisotopic (exact) mass is 174 g/mol. The molecule has 0 saturated carbocycles. The van der Waals surface area contributed by atoms with Gasteiger partial charge in [-0.15, -0.1) is 0 Å². The van der Waals surface area contributed by atoms with E-state index in [1.807, 2.05) is 50.3 Å². The van der Waals surface area contributed by atoms with Crippen molar-refractivity contribution in [2.75, 3.05) is 0 Å². The Kier molecular flexibility index (Phi) is 3.44. The normalized spacial score (nSPS) is 11.4. The van der Waals surface area contributed by atoms with Gasteiger partial charge in [-0.3, -0.25) is 4.79 Å². The fourth-order valence-corrected chi connectivity index (χ4v) is 1.08. The highest BCUT2D eigenvalue weighted by molar-refractivity contribution is 5.96. The van der Waals surface area contributed by atoms with E-state index in [9.17, 15) is 4.79 Å². The van der Waals surface area contributed by atoms with E-state index in [2.05, 4.69) is 0 Å². The number of carbonyl (C=O) groups is 1. The predicted molar refractivity (Wildman–Crippen MR) is 54.6 cm³/mol. The van der Waals surface area contributed by atoms with Crippen molar-refractivity contribution in [3.8, 4) is 0 Å². The molecule has 0 aliphatic heterocycles. The number of Topliss-reactive ketones (excluding diaryl/α,β-unsaturated/α-hetero) is 1. The lowest BCUT2D eigenvalue weighted by Gasteiger charge is -1.99. The van der Waals surface area contributed by atoms with Crippen LogP contribution in [0, 0.1) is 0 Å². The van der Waals surface area contributed by atoms with Crippen LogP contribution in [-0.2, 0) is 11.2 Å². The number of benzene rings is 1. The minimum Gasteiger partial charge on any atom is -0.294 e. The first-order chi connectivity index (χ1) is 6.24. The first-order valence-corrected chi connectivity index (χ1v) is 4.44. The van der Waals surface area contributed by atoms with Crippen LogP contribution in [0.25, 0.3) is 0 Å². The highest BCUT2D eigenvalue weighted by Crippen LogP contribution is 2.04. The van der Waals surface area contributed by atoms with Crippen LogP contribution < -0.4 is 0 Å². The van der Waals surface area contributed by atoms with E-state index in [-0.39, 0.29) is 5.78 Å². The second-order valence-electron chi connectivity index (χ2n) is 3.06. The van der Waals surface area contributed by atoms with Crippen molar-refractivity contribution in [2.45, 2.75) is 20.3 Å². The summed E-state index contributed by atoms with van der Waals surface area (Å²) in [6.07, 6.45) is 2.36. The molecule has 1 nitrogen and oxygen atoms in total. The Morgan fingerprint density at radius 1 is 1.31 bits per heavy atom. The maximum atomic E-state index is 11.5. The van der Waals surface area contributed by atoms with E-state index >= 15 is 0 Å². The molecule has 0 bridgehead atoms. The maximum absolute atomic E-state index is 11.5. The molecule has 0 aliphatic rings. The quantitative estimate of drug-likeness (QED) is 0.644. The van der Waals surface area contributed by atoms with E-state index in [1.54, 1.807) is 0 Å². The zero-order valence-corrected chi connectivity index (χ0v) is 8.08. The van der Waals surface area contributed by atoms with Gasteiger partial charge >= 0.3 is 0 Å². The molecule has 0 aliphatic carbocycles. The van der Waals surface area contributed by atoms with E-state index in [4.69, 9.17) is 0 Å². The summed E-state index contributed by atoms with van der Waals surface area (Å²) in [5.74, 6) is 0.203. The first-order valence-electron chi connectivity index (χ1n) is 4.44. The van der Waals surface area contributed by atoms with E-state index in [1.165, 1.54) is 0 Å². The number of carbonyl (C=O) groups excluding carboxylic acids is 1. The Bertz CT molecular complexity index is 309. The number of hydrogen-bond donors (Lipinski definition) is 0. The molecule has 0 radical (unpaired) electrons. The molecule has 0 atom stereocenters. The Morgan fingerprint density at radius 3 is 2.46 bits per heavy atom. The molecule has 0 N–H and O–H groups in total. The number of rotatable bonds is 3. The third-order valence-corrected chi connectivity index (χ3v) is 2.08. The third-order valence-electron chi connectivity index (χ3n) is 2.08. The summed E-state index contributed by atoms with van der Waals surface area (Å²) in [5, 5.41) is 0. The van der Waals surface area contributed by atoms with Crippen LogP contribution in [0.3, 0.4) is 0 Å². The molecule has 13 heavy (non-hydrogen) atoms. The van der Waals surface area contributed by atoms with Gasteiger partial charge in [0.15, 0.2) is 5.78 Å². The summed E-state index contributed by atoms with van der Waals surface area (Å²) < 4.78 is 0. The van der Waals surface area contributed by atoms with Gasteiger partial charge in [0.1, 0.15) is 0 Å². The van der Waals surface area contributed by atoms with Crippen molar-refractivity contribution in [1.82, 2.24) is 0 Å². The SMILES string of the molecule is C/C=C(\C)C(=O)Cc1ccccc1. The second-order valence-corrected chi connectivity index (χ2v) is 3.06. The van der Waals surface area contributed by atoms with Gasteiger partial charge in [0.2, 0.25) is 0 Å². The second kappa shape index (κ2) is 4.61. The van der Waals surface area contributed by atoms with Gasteiger partial charge in [-0.25, -0.2) is 0 Å². The van der Waals surface area contributed by atoms with Gasteiger partial charge in [-0.2, -0.15) is 0 Å². The van der Waals surface area contributed by atoms with Gasteiger partial charge in [0.05, 0.1) is 0 Å². The van der Waals surface area contributed by atoms with Crippen LogP contribution >= 0.6 is 0 Å². The zero-order chi connectivity index (χ0) is 9.68. The van der Waals surface area contributed by atoms with Crippen LogP contribution in [0.2, 0.25) is 0 Å². The molecule has 0 saturated heterocycles. The predicted octanol–water partition coefficient (Wildman–Crippen LogP) is 2.76. The first kappa shape index (κ1) is 9.72. The van der Waals surface area contributed by atoms with Gasteiger partial charge in [0.25, 0.3) is 0 Å². The summed E-state index contributed by atoms with van der Waals surface area (Å²) in [7, 11) is 0. The average molecular weight is 174 g/mol. The minimum absolute atomic E-state index is 0.203. The fourth-order valence-electron chi connectivity index (χ4n) is 1.08. The molecule has 0 aromatic heterocycles. The molecule has 0 fully saturated rings. The maximum Gasteiger partial charge on any atom is 0.162 e. The van der Waals surface area contributed by atoms with Gasteiger partial charge < -0.3 is 0 Å². The summed E-state index contributed by atoms with van der Waals surface area (Å²) >= 11 is 0. The van der Waals surface area contributed by atoms with Crippen LogP contribution in [0.15, 0.2) is 42.0 Å². The molecule has 0 amide bonds. The third kappa shape index (κ3) is 2.86. The van der Waals surface area contributed by atoms with Crippen LogP contribution in [0.1, 0.15) is 19.4 Å². The van der Waals surface area contributed by atoms with Crippen LogP contribution in [-0.4, -0.2) is 5.78 Å². The van der Waals surface area contributed by atoms with Crippen molar-refractivity contribution < 1.29 is 4.79 Å². The molecular weight excluding hydrogens is 160 g/mol. The molecule has 0 unspecified atom stereocenters. The Hall–Kier alpha value is -1.37. The molecule has 68 valence electrons. The number of allylic oxidation sites excluding steroid dienone is 2. The van der Waals surface area contributed by atoms with E-state index < -0.39 is 0 Å². The van der Waals surface area contributed by atoms with Crippen molar-refractivity contribution in [3.05, 3.63) is 47.5 Å². The average Bonchev–Trinajstić information content (AvgIpc) is 2.18. The zero-order valence-electron chi connectivity index (χ0n) is 8.08. The highest BCUT2D eigenvalue weighted by atomic mass is 16.1. The molecule has 1 heteroatoms. The van der Waals surface area contributed by atoms with Gasteiger partial charge in [-0.1, -0.05) is 36.4 Å². The molecule has 1 aromatic carbocycles. The van der Waals surface area contributed by atoms with Crippen molar-refractivity contribution >= 4 is 5.78 Å². The number of ketones is 1. The molecule has 1 rings (SSSR count). The lowest BCUT2D eigenvalue weighted by Crippen LogP contribution is -2.03. The Labute approximate surface area is 79.1 Å². The summed E-state index contributed by atoms with van der Waals surface area (Å²) in [4.78, 5) is 11.5. The van der Waals surface area contributed by atoms with E-state index in [0.717, 1.165) is 11.1 Å². The molecular formula is C12H14O. The topological polar surface area (TPSA) is 17.1 Å². The fraction of sp³-hybridized carbons (Fsp3) is 0.250. The van der Waals surface area contributed by atoms with E-state index in [0.29, 0.717) is 6.42 Å². The van der Waals surface area contributed by atoms with Crippen LogP contribution in [0.5, 0.6) is 0 Å². The molecule has 1 aromatic rings. The number of hydrogen-bond acceptors (Lipinski definition) is 1. The van der Waals surface area contributed by atoms with Crippen molar-refractivity contribution in [2.24, 2.45) is 0 Å². The Balaban J connectivity index is 2.66. The van der Waals surface area contributed by atoms with Gasteiger partial charge in [-0.05, 0) is 25.0 Å². The summed E-state index contributed by atoms with van der Waals surface area (Å²) in [5.41, 5.74) is 1.91. The van der Waals surface area contributed by atoms with Crippen molar-refractivity contribution in [1.29, 1.82) is 0 Å². The van der Waals surface area contributed by atoms with Crippen molar-refractivity contribution in [3.63, 3.8) is 0 Å². The smallest absolute Gasteiger partial charge is 0.162 e. The summed E-state index contributed by atoms with van der Waals surface area (Å²) in [6, 6.07) is 9.80. The minimum atomic E-state index is 0.203. The molecule has 0 heterocycles. The lowest BCUT2D eigenvalue weighted by molar-refractivity contribution is -0.114. The lowest BCUT2D eigenvalue weighted by atomic mass is 10.0.